The number of aryl methyl sites for hydroxylation is 1. The van der Waals surface area contributed by atoms with Crippen LogP contribution < -0.4 is 16.0 Å². The number of aromatic nitrogens is 2. The Kier molecular flexibility index (Phi) is 5.29. The van der Waals surface area contributed by atoms with E-state index in [1.165, 1.54) is 0 Å². The average molecular weight is 376 g/mol. The van der Waals surface area contributed by atoms with Crippen LogP contribution in [0.1, 0.15) is 52.3 Å². The van der Waals surface area contributed by atoms with Crippen molar-refractivity contribution in [1.29, 1.82) is 0 Å². The van der Waals surface area contributed by atoms with E-state index in [0.29, 0.717) is 18.7 Å². The number of hydrogen-bond acceptors (Lipinski definition) is 4. The van der Waals surface area contributed by atoms with Crippen LogP contribution in [0.2, 0.25) is 0 Å². The second-order valence-electron chi connectivity index (χ2n) is 6.62. The number of carbonyl (C=O) groups is 2. The first-order valence-corrected chi connectivity index (χ1v) is 8.62. The van der Waals surface area contributed by atoms with E-state index in [4.69, 9.17) is 0 Å². The summed E-state index contributed by atoms with van der Waals surface area (Å²) in [5, 5.41) is 16.3. The predicted molar refractivity (Wildman–Crippen MR) is 101 cm³/mol. The van der Waals surface area contributed by atoms with Crippen LogP contribution in [0.25, 0.3) is 0 Å². The third-order valence-electron chi connectivity index (χ3n) is 4.89. The lowest BCUT2D eigenvalue weighted by Crippen LogP contribution is -2.30. The van der Waals surface area contributed by atoms with Gasteiger partial charge in [0, 0.05) is 42.9 Å². The summed E-state index contributed by atoms with van der Waals surface area (Å²) in [5.41, 5.74) is 5.47. The molecule has 2 amide bonds. The first-order chi connectivity index (χ1) is 12.1. The van der Waals surface area contributed by atoms with Crippen molar-refractivity contribution in [1.82, 2.24) is 20.8 Å². The summed E-state index contributed by atoms with van der Waals surface area (Å²) >= 11 is 0. The monoisotopic (exact) mass is 375 g/mol. The van der Waals surface area contributed by atoms with Gasteiger partial charge in [-0.2, -0.15) is 5.10 Å². The van der Waals surface area contributed by atoms with Gasteiger partial charge in [0.25, 0.3) is 5.91 Å². The lowest BCUT2D eigenvalue weighted by atomic mass is 9.97. The molecule has 0 saturated heterocycles. The molecule has 2 aliphatic heterocycles. The Morgan fingerprint density at radius 2 is 2.12 bits per heavy atom. The number of amides is 2. The Morgan fingerprint density at radius 1 is 1.27 bits per heavy atom. The van der Waals surface area contributed by atoms with E-state index in [2.05, 4.69) is 32.2 Å². The number of H-pyrrole nitrogens is 1. The number of nitrogens with one attached hydrogen (secondary N) is 4. The van der Waals surface area contributed by atoms with Crippen molar-refractivity contribution < 1.29 is 9.59 Å². The van der Waals surface area contributed by atoms with E-state index in [1.54, 1.807) is 0 Å². The third-order valence-corrected chi connectivity index (χ3v) is 4.89. The Bertz CT molecular complexity index is 848. The first kappa shape index (κ1) is 18.4. The van der Waals surface area contributed by atoms with E-state index in [-0.39, 0.29) is 30.3 Å². The van der Waals surface area contributed by atoms with Gasteiger partial charge >= 0.3 is 0 Å². The molecular formula is C18H22ClN5O2. The van der Waals surface area contributed by atoms with E-state index >= 15 is 0 Å². The maximum absolute atomic E-state index is 12.6. The molecule has 1 atom stereocenters. The molecule has 4 rings (SSSR count). The van der Waals surface area contributed by atoms with Gasteiger partial charge in [0.2, 0.25) is 5.91 Å². The number of aromatic amines is 1. The lowest BCUT2D eigenvalue weighted by Gasteiger charge is -2.20. The highest BCUT2D eigenvalue weighted by molar-refractivity contribution is 5.95. The molecule has 1 aromatic carbocycles. The second kappa shape index (κ2) is 7.47. The second-order valence-corrected chi connectivity index (χ2v) is 6.62. The normalized spacial score (nSPS) is 16.6. The highest BCUT2D eigenvalue weighted by Crippen LogP contribution is 2.26. The topological polar surface area (TPSA) is 98.9 Å². The largest absolute Gasteiger partial charge is 0.344 e. The maximum atomic E-state index is 12.6. The highest BCUT2D eigenvalue weighted by Gasteiger charge is 2.23. The highest BCUT2D eigenvalue weighted by atomic mass is 35.5. The molecule has 0 saturated carbocycles. The fourth-order valence-corrected chi connectivity index (χ4v) is 3.43. The van der Waals surface area contributed by atoms with Crippen molar-refractivity contribution in [3.63, 3.8) is 0 Å². The molecular weight excluding hydrogens is 354 g/mol. The molecule has 26 heavy (non-hydrogen) atoms. The van der Waals surface area contributed by atoms with Gasteiger partial charge in [-0.3, -0.25) is 14.7 Å². The number of benzene rings is 1. The van der Waals surface area contributed by atoms with Crippen LogP contribution in [0.4, 0.5) is 5.69 Å². The first-order valence-electron chi connectivity index (χ1n) is 8.62. The molecule has 1 aromatic heterocycles. The van der Waals surface area contributed by atoms with Gasteiger partial charge in [0.1, 0.15) is 0 Å². The summed E-state index contributed by atoms with van der Waals surface area (Å²) in [5.74, 6) is -0.113. The van der Waals surface area contributed by atoms with Crippen LogP contribution >= 0.6 is 12.4 Å². The van der Waals surface area contributed by atoms with Crippen LogP contribution in [0.5, 0.6) is 0 Å². The molecule has 0 radical (unpaired) electrons. The Balaban J connectivity index is 0.00000196. The van der Waals surface area contributed by atoms with Crippen molar-refractivity contribution in [2.45, 2.75) is 38.8 Å². The van der Waals surface area contributed by atoms with Gasteiger partial charge in [0.05, 0.1) is 6.04 Å². The van der Waals surface area contributed by atoms with Crippen molar-refractivity contribution in [3.8, 4) is 0 Å². The fourth-order valence-electron chi connectivity index (χ4n) is 3.43. The van der Waals surface area contributed by atoms with Crippen LogP contribution in [-0.4, -0.2) is 28.6 Å². The zero-order chi connectivity index (χ0) is 17.4. The Labute approximate surface area is 157 Å². The molecule has 2 aliphatic rings. The van der Waals surface area contributed by atoms with Crippen LogP contribution in [0, 0.1) is 0 Å². The molecule has 0 fully saturated rings. The molecule has 3 heterocycles. The van der Waals surface area contributed by atoms with Gasteiger partial charge in [-0.15, -0.1) is 12.4 Å². The SMILES string of the molecule is CC(NC(=O)c1n[nH]c2c1CNCC2)c1ccc2c(c1)CCC(=O)N2.Cl. The lowest BCUT2D eigenvalue weighted by molar-refractivity contribution is -0.116. The summed E-state index contributed by atoms with van der Waals surface area (Å²) in [6.45, 7) is 3.53. The molecule has 4 N–H and O–H groups in total. The molecule has 0 spiro atoms. The molecule has 7 nitrogen and oxygen atoms in total. The zero-order valence-corrected chi connectivity index (χ0v) is 15.3. The molecule has 138 valence electrons. The van der Waals surface area contributed by atoms with Gasteiger partial charge in [-0.1, -0.05) is 12.1 Å². The number of fused-ring (bicyclic) bond motifs is 2. The summed E-state index contributed by atoms with van der Waals surface area (Å²) in [6, 6.07) is 5.77. The number of rotatable bonds is 3. The molecule has 0 bridgehead atoms. The number of nitrogens with zero attached hydrogens (tertiary/aromatic N) is 1. The number of anilines is 1. The van der Waals surface area contributed by atoms with Gasteiger partial charge in [0.15, 0.2) is 5.69 Å². The zero-order valence-electron chi connectivity index (χ0n) is 14.5. The quantitative estimate of drug-likeness (QED) is 0.658. The smallest absolute Gasteiger partial charge is 0.272 e. The molecule has 0 aliphatic carbocycles. The van der Waals surface area contributed by atoms with Crippen molar-refractivity contribution >= 4 is 29.9 Å². The number of hydrogen-bond donors (Lipinski definition) is 4. The fraction of sp³-hybridized carbons (Fsp3) is 0.389. The summed E-state index contributed by atoms with van der Waals surface area (Å²) < 4.78 is 0. The average Bonchev–Trinajstić information content (AvgIpc) is 3.05. The summed E-state index contributed by atoms with van der Waals surface area (Å²) in [4.78, 5) is 24.1. The predicted octanol–water partition coefficient (Wildman–Crippen LogP) is 1.85. The standard InChI is InChI=1S/C18H21N5O2.ClH/c1-10(11-2-4-14-12(8-11)3-5-16(24)21-14)20-18(25)17-13-9-19-7-6-15(13)22-23-17;/h2,4,8,10,19H,3,5-7,9H2,1H3,(H,20,25)(H,21,24)(H,22,23);1H. The van der Waals surface area contributed by atoms with Crippen LogP contribution in [0.15, 0.2) is 18.2 Å². The van der Waals surface area contributed by atoms with Gasteiger partial charge in [-0.25, -0.2) is 0 Å². The minimum absolute atomic E-state index is 0. The Hall–Kier alpha value is -2.38. The number of halogens is 1. The van der Waals surface area contributed by atoms with E-state index in [1.807, 2.05) is 19.1 Å². The number of carbonyl (C=O) groups excluding carboxylic acids is 2. The summed E-state index contributed by atoms with van der Waals surface area (Å²) in [7, 11) is 0. The van der Waals surface area contributed by atoms with Crippen molar-refractivity contribution in [2.75, 3.05) is 11.9 Å². The minimum atomic E-state index is -0.167. The van der Waals surface area contributed by atoms with E-state index in [9.17, 15) is 9.59 Å². The Morgan fingerprint density at radius 3 is 2.96 bits per heavy atom. The van der Waals surface area contributed by atoms with Crippen molar-refractivity contribution in [2.24, 2.45) is 0 Å². The van der Waals surface area contributed by atoms with Crippen molar-refractivity contribution in [3.05, 3.63) is 46.3 Å². The molecule has 8 heteroatoms. The molecule has 2 aromatic rings. The molecule has 1 unspecified atom stereocenters. The minimum Gasteiger partial charge on any atom is -0.344 e. The third kappa shape index (κ3) is 3.45. The maximum Gasteiger partial charge on any atom is 0.272 e. The van der Waals surface area contributed by atoms with E-state index in [0.717, 1.165) is 47.5 Å². The van der Waals surface area contributed by atoms with Gasteiger partial charge < -0.3 is 16.0 Å². The van der Waals surface area contributed by atoms with E-state index < -0.39 is 0 Å². The van der Waals surface area contributed by atoms with Gasteiger partial charge in [-0.05, 0) is 30.5 Å². The van der Waals surface area contributed by atoms with Crippen LogP contribution in [-0.2, 0) is 24.2 Å². The summed E-state index contributed by atoms with van der Waals surface area (Å²) in [6.07, 6.45) is 2.10. The van der Waals surface area contributed by atoms with Crippen LogP contribution in [0.3, 0.4) is 0 Å².